The van der Waals surface area contributed by atoms with Crippen LogP contribution in [0.4, 0.5) is 10.1 Å². The molecule has 6 rings (SSSR count). The van der Waals surface area contributed by atoms with E-state index < -0.39 is 15.3 Å². The van der Waals surface area contributed by atoms with Crippen molar-refractivity contribution >= 4 is 15.7 Å². The molecule has 0 N–H and O–H groups in total. The number of aromatic nitrogens is 3. The topological polar surface area (TPSA) is 71.3 Å². The predicted molar refractivity (Wildman–Crippen MR) is 127 cm³/mol. The molecule has 3 heterocycles. The van der Waals surface area contributed by atoms with Crippen molar-refractivity contribution in [3.05, 3.63) is 78.1 Å². The molecule has 0 radical (unpaired) electrons. The van der Waals surface area contributed by atoms with Gasteiger partial charge in [0.15, 0.2) is 0 Å². The molecular weight excluding hydrogens is 453 g/mol. The first-order valence-corrected chi connectivity index (χ1v) is 13.4. The van der Waals surface area contributed by atoms with Crippen molar-refractivity contribution in [1.29, 1.82) is 0 Å². The number of rotatable bonds is 5. The molecular formula is C25H28FN5O2S. The lowest BCUT2D eigenvalue weighted by atomic mass is 10.0. The number of fused-ring (bicyclic) bond motifs is 1. The second-order valence-electron chi connectivity index (χ2n) is 9.83. The van der Waals surface area contributed by atoms with Gasteiger partial charge in [-0.3, -0.25) is 0 Å². The fourth-order valence-corrected chi connectivity index (χ4v) is 8.13. The monoisotopic (exact) mass is 481 g/mol. The smallest absolute Gasteiger partial charge is 0.221 e. The average molecular weight is 482 g/mol. The fourth-order valence-electron chi connectivity index (χ4n) is 5.93. The molecule has 1 saturated carbocycles. The molecule has 0 amide bonds. The van der Waals surface area contributed by atoms with Gasteiger partial charge < -0.3 is 9.47 Å². The number of anilines is 1. The molecule has 0 spiro atoms. The predicted octanol–water partition coefficient (Wildman–Crippen LogP) is 3.78. The van der Waals surface area contributed by atoms with Gasteiger partial charge in [-0.25, -0.2) is 12.8 Å². The summed E-state index contributed by atoms with van der Waals surface area (Å²) < 4.78 is 45.7. The number of sulfonamides is 1. The molecule has 7 nitrogen and oxygen atoms in total. The molecule has 178 valence electrons. The highest BCUT2D eigenvalue weighted by Gasteiger charge is 2.57. The molecule has 2 unspecified atom stereocenters. The summed E-state index contributed by atoms with van der Waals surface area (Å²) in [5.41, 5.74) is 2.09. The zero-order valence-corrected chi connectivity index (χ0v) is 19.9. The van der Waals surface area contributed by atoms with E-state index in [4.69, 9.17) is 0 Å². The molecule has 3 aromatic rings. The summed E-state index contributed by atoms with van der Waals surface area (Å²) in [4.78, 5) is 2.10. The third kappa shape index (κ3) is 3.62. The quantitative estimate of drug-likeness (QED) is 0.555. The van der Waals surface area contributed by atoms with Gasteiger partial charge in [-0.15, -0.1) is 10.2 Å². The SMILES string of the molecule is C[C@H]1CCC(c2ccccc2)S(=O)(=O)N1Cc1ccc(N2C[C@@H]3C(n4cnnc4)[C@@H]3C2)c(F)c1. The van der Waals surface area contributed by atoms with Crippen molar-refractivity contribution in [2.24, 2.45) is 11.8 Å². The highest BCUT2D eigenvalue weighted by Crippen LogP contribution is 2.55. The number of piperidine rings is 1. The number of halogens is 1. The Bertz CT molecular complexity index is 1270. The maximum absolute atomic E-state index is 15.2. The molecule has 3 aliphatic rings. The zero-order valence-electron chi connectivity index (χ0n) is 19.0. The lowest BCUT2D eigenvalue weighted by Gasteiger charge is -2.37. The lowest BCUT2D eigenvalue weighted by Crippen LogP contribution is -2.44. The Kier molecular flexibility index (Phi) is 5.22. The molecule has 34 heavy (non-hydrogen) atoms. The summed E-state index contributed by atoms with van der Waals surface area (Å²) >= 11 is 0. The van der Waals surface area contributed by atoms with E-state index in [1.807, 2.05) is 43.3 Å². The van der Waals surface area contributed by atoms with Gasteiger partial charge in [0, 0.05) is 43.6 Å². The van der Waals surface area contributed by atoms with Crippen LogP contribution in [-0.4, -0.2) is 46.6 Å². The maximum atomic E-state index is 15.2. The summed E-state index contributed by atoms with van der Waals surface area (Å²) in [6, 6.07) is 14.9. The third-order valence-corrected chi connectivity index (χ3v) is 10.2. The van der Waals surface area contributed by atoms with Crippen molar-refractivity contribution in [2.45, 2.75) is 43.6 Å². The van der Waals surface area contributed by atoms with Crippen LogP contribution in [-0.2, 0) is 16.6 Å². The van der Waals surface area contributed by atoms with E-state index >= 15 is 4.39 Å². The van der Waals surface area contributed by atoms with Crippen molar-refractivity contribution in [2.75, 3.05) is 18.0 Å². The van der Waals surface area contributed by atoms with E-state index in [0.717, 1.165) is 25.1 Å². The Morgan fingerprint density at radius 1 is 1.00 bits per heavy atom. The van der Waals surface area contributed by atoms with E-state index in [2.05, 4.69) is 19.7 Å². The Balaban J connectivity index is 1.17. The summed E-state index contributed by atoms with van der Waals surface area (Å²) in [5.74, 6) is 0.690. The highest BCUT2D eigenvalue weighted by molar-refractivity contribution is 7.89. The van der Waals surface area contributed by atoms with Gasteiger partial charge in [-0.1, -0.05) is 36.4 Å². The van der Waals surface area contributed by atoms with Gasteiger partial charge in [-0.05, 0) is 43.0 Å². The summed E-state index contributed by atoms with van der Waals surface area (Å²) in [6.45, 7) is 3.73. The molecule has 5 atom stereocenters. The van der Waals surface area contributed by atoms with E-state index in [0.29, 0.717) is 35.5 Å². The molecule has 9 heteroatoms. The van der Waals surface area contributed by atoms with Gasteiger partial charge in [0.05, 0.1) is 5.69 Å². The maximum Gasteiger partial charge on any atom is 0.221 e. The minimum Gasteiger partial charge on any atom is -0.368 e. The summed E-state index contributed by atoms with van der Waals surface area (Å²) in [6.07, 6.45) is 4.88. The normalized spacial score (nSPS) is 30.3. The van der Waals surface area contributed by atoms with Crippen molar-refractivity contribution < 1.29 is 12.8 Å². The standard InChI is InChI=1S/C25H28FN5O2S/c1-17-7-10-24(19-5-3-2-4-6-19)34(32,33)31(17)12-18-8-9-23(22(26)11-18)29-13-20-21(14-29)25(20)30-15-27-28-16-30/h2-6,8-9,11,15-17,20-21,24-25H,7,10,12-14H2,1H3/t17-,20-,21+,24?,25?/m0/s1. The largest absolute Gasteiger partial charge is 0.368 e. The van der Waals surface area contributed by atoms with E-state index in [1.54, 1.807) is 23.0 Å². The van der Waals surface area contributed by atoms with Crippen LogP contribution in [0.2, 0.25) is 0 Å². The Morgan fingerprint density at radius 2 is 1.71 bits per heavy atom. The first-order valence-electron chi connectivity index (χ1n) is 11.9. The Morgan fingerprint density at radius 3 is 2.38 bits per heavy atom. The molecule has 1 aliphatic carbocycles. The van der Waals surface area contributed by atoms with E-state index in [9.17, 15) is 8.42 Å². The third-order valence-electron chi connectivity index (χ3n) is 7.82. The van der Waals surface area contributed by atoms with Crippen molar-refractivity contribution in [1.82, 2.24) is 19.1 Å². The van der Waals surface area contributed by atoms with Gasteiger partial charge in [0.2, 0.25) is 10.0 Å². The first kappa shape index (κ1) is 21.7. The van der Waals surface area contributed by atoms with Crippen LogP contribution < -0.4 is 4.90 Å². The number of hydrogen-bond donors (Lipinski definition) is 0. The van der Waals surface area contributed by atoms with Crippen LogP contribution >= 0.6 is 0 Å². The average Bonchev–Trinajstić information content (AvgIpc) is 3.19. The molecule has 2 saturated heterocycles. The zero-order chi connectivity index (χ0) is 23.4. The Hall–Kier alpha value is -2.78. The fraction of sp³-hybridized carbons (Fsp3) is 0.440. The first-order chi connectivity index (χ1) is 16.4. The number of hydrogen-bond acceptors (Lipinski definition) is 5. The van der Waals surface area contributed by atoms with Crippen LogP contribution in [0.3, 0.4) is 0 Å². The molecule has 3 fully saturated rings. The van der Waals surface area contributed by atoms with Crippen LogP contribution in [0.5, 0.6) is 0 Å². The summed E-state index contributed by atoms with van der Waals surface area (Å²) in [7, 11) is -3.54. The van der Waals surface area contributed by atoms with Crippen LogP contribution in [0.25, 0.3) is 0 Å². The second kappa shape index (κ2) is 8.16. The molecule has 2 aromatic carbocycles. The van der Waals surface area contributed by atoms with Gasteiger partial charge in [0.1, 0.15) is 23.7 Å². The van der Waals surface area contributed by atoms with Crippen molar-refractivity contribution in [3.63, 3.8) is 0 Å². The Labute approximate surface area is 199 Å². The number of benzene rings is 2. The molecule has 2 aliphatic heterocycles. The number of nitrogens with zero attached hydrogens (tertiary/aromatic N) is 5. The molecule has 1 aromatic heterocycles. The van der Waals surface area contributed by atoms with Gasteiger partial charge >= 0.3 is 0 Å². The summed E-state index contributed by atoms with van der Waals surface area (Å²) in [5, 5.41) is 7.23. The minimum absolute atomic E-state index is 0.118. The van der Waals surface area contributed by atoms with Gasteiger partial charge in [-0.2, -0.15) is 4.31 Å². The van der Waals surface area contributed by atoms with Gasteiger partial charge in [0.25, 0.3) is 0 Å². The van der Waals surface area contributed by atoms with E-state index in [1.165, 1.54) is 6.07 Å². The van der Waals surface area contributed by atoms with Crippen LogP contribution in [0.1, 0.15) is 42.2 Å². The molecule has 0 bridgehead atoms. The highest BCUT2D eigenvalue weighted by atomic mass is 32.2. The van der Waals surface area contributed by atoms with Crippen LogP contribution in [0.15, 0.2) is 61.2 Å². The lowest BCUT2D eigenvalue weighted by molar-refractivity contribution is 0.281. The van der Waals surface area contributed by atoms with Crippen molar-refractivity contribution in [3.8, 4) is 0 Å². The van der Waals surface area contributed by atoms with Crippen LogP contribution in [0, 0.1) is 17.7 Å². The van der Waals surface area contributed by atoms with E-state index in [-0.39, 0.29) is 18.4 Å². The minimum atomic E-state index is -3.54. The second-order valence-corrected chi connectivity index (χ2v) is 11.9.